The Labute approximate surface area is 89.0 Å². The number of aromatic nitrogens is 1. The van der Waals surface area contributed by atoms with Gasteiger partial charge < -0.3 is 5.32 Å². The van der Waals surface area contributed by atoms with Gasteiger partial charge in [0.25, 0.3) is 0 Å². The van der Waals surface area contributed by atoms with Crippen LogP contribution >= 0.6 is 0 Å². The van der Waals surface area contributed by atoms with E-state index in [0.29, 0.717) is 0 Å². The zero-order valence-electron chi connectivity index (χ0n) is 8.28. The van der Waals surface area contributed by atoms with Crippen LogP contribution in [-0.2, 0) is 9.59 Å². The van der Waals surface area contributed by atoms with Crippen molar-refractivity contribution >= 4 is 12.3 Å². The Kier molecular flexibility index (Phi) is 3.36. The van der Waals surface area contributed by atoms with Crippen LogP contribution in [-0.4, -0.2) is 23.1 Å². The highest BCUT2D eigenvalue weighted by Gasteiger charge is 2.42. The molecular weight excluding hydrogens is 225 g/mol. The van der Waals surface area contributed by atoms with E-state index in [2.05, 4.69) is 0 Å². The van der Waals surface area contributed by atoms with Gasteiger partial charge in [-0.15, -0.1) is 0 Å². The first-order chi connectivity index (χ1) is 7.36. The van der Waals surface area contributed by atoms with Crippen LogP contribution in [0.5, 0.6) is 0 Å². The first-order valence-electron chi connectivity index (χ1n) is 4.32. The normalized spacial score (nSPS) is 13.2. The summed E-state index contributed by atoms with van der Waals surface area (Å²) in [4.78, 5) is 21.2. The summed E-state index contributed by atoms with van der Waals surface area (Å²) in [6.45, 7) is 0.979. The second kappa shape index (κ2) is 4.38. The van der Waals surface area contributed by atoms with Crippen molar-refractivity contribution in [3.63, 3.8) is 0 Å². The van der Waals surface area contributed by atoms with Crippen molar-refractivity contribution in [1.82, 2.24) is 9.88 Å². The highest BCUT2D eigenvalue weighted by atomic mass is 19.4. The van der Waals surface area contributed by atoms with E-state index in [-0.39, 0.29) is 12.1 Å². The number of carbonyl (C=O) groups excluding carboxylic acids is 2. The minimum absolute atomic E-state index is 0.246. The molecule has 1 aromatic rings. The van der Waals surface area contributed by atoms with Crippen LogP contribution in [0.15, 0.2) is 18.3 Å². The van der Waals surface area contributed by atoms with Crippen molar-refractivity contribution in [2.45, 2.75) is 19.1 Å². The molecule has 0 radical (unpaired) electrons. The molecule has 0 aliphatic rings. The molecule has 0 bridgehead atoms. The van der Waals surface area contributed by atoms with Gasteiger partial charge in [-0.3, -0.25) is 14.2 Å². The third kappa shape index (κ3) is 2.62. The summed E-state index contributed by atoms with van der Waals surface area (Å²) >= 11 is 0. The smallest absolute Gasteiger partial charge is 0.340 e. The second-order valence-corrected chi connectivity index (χ2v) is 3.12. The van der Waals surface area contributed by atoms with Gasteiger partial charge in [-0.05, 0) is 12.1 Å². The summed E-state index contributed by atoms with van der Waals surface area (Å²) in [7, 11) is 0. The Hall–Kier alpha value is -1.79. The zero-order chi connectivity index (χ0) is 12.3. The molecule has 4 nitrogen and oxygen atoms in total. The number of nitrogens with one attached hydrogen (secondary N) is 1. The Morgan fingerprint density at radius 1 is 1.56 bits per heavy atom. The summed E-state index contributed by atoms with van der Waals surface area (Å²) in [5.74, 6) is -0.819. The maximum atomic E-state index is 12.6. The second-order valence-electron chi connectivity index (χ2n) is 3.12. The van der Waals surface area contributed by atoms with Gasteiger partial charge in [0.05, 0.1) is 5.69 Å². The van der Waals surface area contributed by atoms with Crippen LogP contribution in [0.2, 0.25) is 0 Å². The fourth-order valence-electron chi connectivity index (χ4n) is 1.27. The van der Waals surface area contributed by atoms with Crippen LogP contribution < -0.4 is 5.32 Å². The Balaban J connectivity index is 3.11. The number of halogens is 3. The lowest BCUT2D eigenvalue weighted by Gasteiger charge is -2.21. The van der Waals surface area contributed by atoms with Crippen LogP contribution in [0.25, 0.3) is 0 Å². The first kappa shape index (κ1) is 12.3. The van der Waals surface area contributed by atoms with E-state index < -0.39 is 18.1 Å². The average Bonchev–Trinajstić information content (AvgIpc) is 2.59. The lowest BCUT2D eigenvalue weighted by molar-refractivity contribution is -0.163. The lowest BCUT2D eigenvalue weighted by Crippen LogP contribution is -2.38. The molecule has 0 saturated carbocycles. The number of carbonyl (C=O) groups is 2. The van der Waals surface area contributed by atoms with E-state index in [0.717, 1.165) is 17.6 Å². The predicted molar refractivity (Wildman–Crippen MR) is 49.2 cm³/mol. The molecule has 1 rings (SSSR count). The lowest BCUT2D eigenvalue weighted by atomic mass is 10.2. The number of hydrogen-bond acceptors (Lipinski definition) is 2. The van der Waals surface area contributed by atoms with Gasteiger partial charge in [-0.1, -0.05) is 0 Å². The maximum Gasteiger partial charge on any atom is 0.414 e. The maximum absolute atomic E-state index is 12.6. The molecule has 1 N–H and O–H groups in total. The van der Waals surface area contributed by atoms with Gasteiger partial charge in [0.2, 0.25) is 12.3 Å². The number of nitrogens with zero attached hydrogens (tertiary/aromatic N) is 1. The summed E-state index contributed by atoms with van der Waals surface area (Å²) < 4.78 is 38.6. The van der Waals surface area contributed by atoms with E-state index in [1.165, 1.54) is 12.3 Å². The number of rotatable bonds is 3. The number of hydrogen-bond donors (Lipinski definition) is 1. The molecule has 1 atom stereocenters. The van der Waals surface area contributed by atoms with Crippen molar-refractivity contribution in [3.05, 3.63) is 24.0 Å². The molecule has 1 heterocycles. The average molecular weight is 234 g/mol. The van der Waals surface area contributed by atoms with E-state index in [1.807, 2.05) is 0 Å². The molecule has 1 amide bonds. The third-order valence-corrected chi connectivity index (χ3v) is 1.90. The predicted octanol–water partition coefficient (Wildman–Crippen LogP) is 1.27. The highest BCUT2D eigenvalue weighted by molar-refractivity contribution is 5.73. The Morgan fingerprint density at radius 2 is 2.19 bits per heavy atom. The zero-order valence-corrected chi connectivity index (χ0v) is 8.28. The molecular formula is C9H9F3N2O2. The molecule has 0 aromatic carbocycles. The van der Waals surface area contributed by atoms with Crippen LogP contribution in [0.4, 0.5) is 13.2 Å². The molecule has 0 aliphatic heterocycles. The molecule has 1 aromatic heterocycles. The van der Waals surface area contributed by atoms with Gasteiger partial charge in [0.15, 0.2) is 6.04 Å². The molecule has 7 heteroatoms. The van der Waals surface area contributed by atoms with Gasteiger partial charge >= 0.3 is 6.18 Å². The van der Waals surface area contributed by atoms with E-state index >= 15 is 0 Å². The van der Waals surface area contributed by atoms with Gasteiger partial charge in [0, 0.05) is 13.1 Å². The fourth-order valence-corrected chi connectivity index (χ4v) is 1.27. The SMILES string of the molecule is CC(=O)NC(c1cccn1C=O)C(F)(F)F. The third-order valence-electron chi connectivity index (χ3n) is 1.90. The Morgan fingerprint density at radius 3 is 2.62 bits per heavy atom. The van der Waals surface area contributed by atoms with Crippen molar-refractivity contribution in [2.24, 2.45) is 0 Å². The topological polar surface area (TPSA) is 51.1 Å². The monoisotopic (exact) mass is 234 g/mol. The van der Waals surface area contributed by atoms with Crippen LogP contribution in [0, 0.1) is 0 Å². The molecule has 16 heavy (non-hydrogen) atoms. The summed E-state index contributed by atoms with van der Waals surface area (Å²) in [6, 6.07) is 0.248. The fraction of sp³-hybridized carbons (Fsp3) is 0.333. The summed E-state index contributed by atoms with van der Waals surface area (Å²) in [5.41, 5.74) is -0.322. The van der Waals surface area contributed by atoms with Crippen molar-refractivity contribution < 1.29 is 22.8 Å². The van der Waals surface area contributed by atoms with E-state index in [1.54, 1.807) is 5.32 Å². The summed E-state index contributed by atoms with van der Waals surface area (Å²) in [6.07, 6.45) is -3.22. The molecule has 0 spiro atoms. The van der Waals surface area contributed by atoms with Crippen LogP contribution in [0.1, 0.15) is 18.7 Å². The summed E-state index contributed by atoms with van der Waals surface area (Å²) in [5, 5.41) is 1.75. The molecule has 0 saturated heterocycles. The van der Waals surface area contributed by atoms with Crippen molar-refractivity contribution in [3.8, 4) is 0 Å². The Bertz CT molecular complexity index is 398. The minimum atomic E-state index is -4.65. The van der Waals surface area contributed by atoms with Crippen molar-refractivity contribution in [1.29, 1.82) is 0 Å². The standard InChI is InChI=1S/C9H9F3N2O2/c1-6(16)13-8(9(10,11)12)7-3-2-4-14(7)5-15/h2-5,8H,1H3,(H,13,16). The van der Waals surface area contributed by atoms with Gasteiger partial charge in [-0.25, -0.2) is 0 Å². The number of amides is 1. The minimum Gasteiger partial charge on any atom is -0.340 e. The molecule has 0 fully saturated rings. The first-order valence-corrected chi connectivity index (χ1v) is 4.32. The van der Waals surface area contributed by atoms with E-state index in [4.69, 9.17) is 0 Å². The van der Waals surface area contributed by atoms with E-state index in [9.17, 15) is 22.8 Å². The highest BCUT2D eigenvalue weighted by Crippen LogP contribution is 2.32. The van der Waals surface area contributed by atoms with Crippen LogP contribution in [0.3, 0.4) is 0 Å². The van der Waals surface area contributed by atoms with Gasteiger partial charge in [-0.2, -0.15) is 13.2 Å². The number of alkyl halides is 3. The quantitative estimate of drug-likeness (QED) is 0.800. The molecule has 88 valence electrons. The van der Waals surface area contributed by atoms with Gasteiger partial charge in [0.1, 0.15) is 0 Å². The largest absolute Gasteiger partial charge is 0.414 e. The molecule has 1 unspecified atom stereocenters. The van der Waals surface area contributed by atoms with Crippen molar-refractivity contribution in [2.75, 3.05) is 0 Å². The molecule has 0 aliphatic carbocycles.